The summed E-state index contributed by atoms with van der Waals surface area (Å²) in [5.74, 6) is -0.131. The van der Waals surface area contributed by atoms with E-state index in [0.717, 1.165) is 37.2 Å². The van der Waals surface area contributed by atoms with Crippen molar-refractivity contribution in [3.05, 3.63) is 29.6 Å². The van der Waals surface area contributed by atoms with Crippen molar-refractivity contribution in [2.75, 3.05) is 18.0 Å². The first-order valence-corrected chi connectivity index (χ1v) is 7.37. The van der Waals surface area contributed by atoms with E-state index in [0.29, 0.717) is 12.1 Å². The Morgan fingerprint density at radius 1 is 1.37 bits per heavy atom. The van der Waals surface area contributed by atoms with Gasteiger partial charge in [-0.2, -0.15) is 0 Å². The van der Waals surface area contributed by atoms with Gasteiger partial charge in [-0.3, -0.25) is 0 Å². The first-order chi connectivity index (χ1) is 9.10. The number of nitrogens with zero attached hydrogens (tertiary/aromatic N) is 1. The highest BCUT2D eigenvalue weighted by Crippen LogP contribution is 2.26. The number of hydrogen-bond acceptors (Lipinski definition) is 2. The fourth-order valence-electron chi connectivity index (χ4n) is 2.97. The molecule has 1 aliphatic heterocycles. The monoisotopic (exact) mass is 264 g/mol. The molecule has 1 fully saturated rings. The van der Waals surface area contributed by atoms with E-state index in [4.69, 9.17) is 0 Å². The van der Waals surface area contributed by atoms with Crippen molar-refractivity contribution < 1.29 is 4.39 Å². The molecule has 2 atom stereocenters. The molecule has 1 saturated heterocycles. The highest BCUT2D eigenvalue weighted by atomic mass is 19.1. The van der Waals surface area contributed by atoms with Crippen molar-refractivity contribution in [1.29, 1.82) is 0 Å². The average molecular weight is 264 g/mol. The molecule has 0 bridgehead atoms. The van der Waals surface area contributed by atoms with E-state index in [1.165, 1.54) is 6.42 Å². The third kappa shape index (κ3) is 3.69. The zero-order valence-electron chi connectivity index (χ0n) is 12.2. The number of halogens is 1. The Labute approximate surface area is 116 Å². The predicted molar refractivity (Wildman–Crippen MR) is 79.3 cm³/mol. The molecule has 0 radical (unpaired) electrons. The van der Waals surface area contributed by atoms with Crippen molar-refractivity contribution >= 4 is 5.69 Å². The van der Waals surface area contributed by atoms with Gasteiger partial charge in [0.05, 0.1) is 0 Å². The normalized spacial score (nSPS) is 23.7. The van der Waals surface area contributed by atoms with Gasteiger partial charge in [0, 0.05) is 24.3 Å². The van der Waals surface area contributed by atoms with Crippen LogP contribution in [0.4, 0.5) is 10.1 Å². The van der Waals surface area contributed by atoms with Gasteiger partial charge in [-0.1, -0.05) is 6.92 Å². The number of rotatable bonds is 4. The number of hydrogen-bond donors (Lipinski definition) is 1. The zero-order chi connectivity index (χ0) is 13.8. The highest BCUT2D eigenvalue weighted by Gasteiger charge is 2.25. The highest BCUT2D eigenvalue weighted by molar-refractivity contribution is 5.50. The second kappa shape index (κ2) is 6.38. The summed E-state index contributed by atoms with van der Waals surface area (Å²) in [6, 6.07) is 6.40. The van der Waals surface area contributed by atoms with Crippen LogP contribution in [0.1, 0.15) is 38.7 Å². The van der Waals surface area contributed by atoms with E-state index in [-0.39, 0.29) is 5.82 Å². The molecule has 3 heteroatoms. The van der Waals surface area contributed by atoms with Crippen molar-refractivity contribution in [2.45, 2.75) is 52.1 Å². The zero-order valence-corrected chi connectivity index (χ0v) is 12.2. The summed E-state index contributed by atoms with van der Waals surface area (Å²) in [6.45, 7) is 8.48. The topological polar surface area (TPSA) is 15.3 Å². The van der Waals surface area contributed by atoms with Crippen molar-refractivity contribution in [3.8, 4) is 0 Å². The van der Waals surface area contributed by atoms with E-state index in [1.54, 1.807) is 12.1 Å². The molecular weight excluding hydrogens is 239 g/mol. The van der Waals surface area contributed by atoms with Crippen LogP contribution in [0.15, 0.2) is 18.2 Å². The standard InChI is InChI=1S/C16H25FN2/c1-4-6-18-15-5-7-19(13(3)10-15)16-9-12(2)8-14(17)11-16/h8-9,11,13,15,18H,4-7,10H2,1-3H3. The maximum Gasteiger partial charge on any atom is 0.125 e. The molecule has 1 aromatic rings. The fraction of sp³-hybridized carbons (Fsp3) is 0.625. The number of benzene rings is 1. The third-order valence-electron chi connectivity index (χ3n) is 3.92. The largest absolute Gasteiger partial charge is 0.369 e. The Hall–Kier alpha value is -1.09. The SMILES string of the molecule is CCCNC1CCN(c2cc(C)cc(F)c2)C(C)C1. The van der Waals surface area contributed by atoms with Crippen molar-refractivity contribution in [1.82, 2.24) is 5.32 Å². The second-order valence-electron chi connectivity index (χ2n) is 5.70. The molecule has 19 heavy (non-hydrogen) atoms. The van der Waals surface area contributed by atoms with Gasteiger partial charge in [-0.05, 0) is 63.4 Å². The second-order valence-corrected chi connectivity index (χ2v) is 5.70. The Kier molecular flexibility index (Phi) is 4.81. The number of anilines is 1. The lowest BCUT2D eigenvalue weighted by molar-refractivity contribution is 0.368. The molecule has 0 saturated carbocycles. The summed E-state index contributed by atoms with van der Waals surface area (Å²) in [7, 11) is 0. The van der Waals surface area contributed by atoms with E-state index in [9.17, 15) is 4.39 Å². The molecule has 0 amide bonds. The van der Waals surface area contributed by atoms with Crippen LogP contribution >= 0.6 is 0 Å². The molecule has 1 aliphatic rings. The summed E-state index contributed by atoms with van der Waals surface area (Å²) in [4.78, 5) is 2.33. The van der Waals surface area contributed by atoms with Gasteiger partial charge in [-0.15, -0.1) is 0 Å². The Morgan fingerprint density at radius 3 is 2.79 bits per heavy atom. The van der Waals surface area contributed by atoms with Crippen LogP contribution in [0.5, 0.6) is 0 Å². The summed E-state index contributed by atoms with van der Waals surface area (Å²) >= 11 is 0. The van der Waals surface area contributed by atoms with E-state index >= 15 is 0 Å². The van der Waals surface area contributed by atoms with Crippen LogP contribution < -0.4 is 10.2 Å². The van der Waals surface area contributed by atoms with Crippen molar-refractivity contribution in [2.24, 2.45) is 0 Å². The summed E-state index contributed by atoms with van der Waals surface area (Å²) in [5, 5.41) is 3.60. The molecule has 2 rings (SSSR count). The minimum absolute atomic E-state index is 0.131. The summed E-state index contributed by atoms with van der Waals surface area (Å²) in [6.07, 6.45) is 3.45. The Bertz CT molecular complexity index is 399. The van der Waals surface area contributed by atoms with Gasteiger partial charge in [0.2, 0.25) is 0 Å². The molecule has 0 aromatic heterocycles. The number of nitrogens with one attached hydrogen (secondary N) is 1. The lowest BCUT2D eigenvalue weighted by atomic mass is 9.97. The lowest BCUT2D eigenvalue weighted by Gasteiger charge is -2.39. The molecule has 106 valence electrons. The number of aryl methyl sites for hydroxylation is 1. The van der Waals surface area contributed by atoms with E-state index in [1.807, 2.05) is 6.92 Å². The predicted octanol–water partition coefficient (Wildman–Crippen LogP) is 3.49. The molecule has 0 aliphatic carbocycles. The maximum atomic E-state index is 13.5. The molecule has 1 aromatic carbocycles. The fourth-order valence-corrected chi connectivity index (χ4v) is 2.97. The van der Waals surface area contributed by atoms with Gasteiger partial charge in [0.25, 0.3) is 0 Å². The van der Waals surface area contributed by atoms with Crippen LogP contribution in [-0.4, -0.2) is 25.2 Å². The molecule has 1 heterocycles. The van der Waals surface area contributed by atoms with Crippen LogP contribution in [0.3, 0.4) is 0 Å². The van der Waals surface area contributed by atoms with Gasteiger partial charge < -0.3 is 10.2 Å². The smallest absolute Gasteiger partial charge is 0.125 e. The molecule has 0 spiro atoms. The first-order valence-electron chi connectivity index (χ1n) is 7.37. The van der Waals surface area contributed by atoms with Crippen LogP contribution in [-0.2, 0) is 0 Å². The molecule has 2 unspecified atom stereocenters. The minimum Gasteiger partial charge on any atom is -0.369 e. The number of piperidine rings is 1. The van der Waals surface area contributed by atoms with Gasteiger partial charge >= 0.3 is 0 Å². The quantitative estimate of drug-likeness (QED) is 0.895. The maximum absolute atomic E-state index is 13.5. The van der Waals surface area contributed by atoms with Gasteiger partial charge in [0.1, 0.15) is 5.82 Å². The minimum atomic E-state index is -0.131. The van der Waals surface area contributed by atoms with Crippen LogP contribution in [0, 0.1) is 12.7 Å². The summed E-state index contributed by atoms with van der Waals surface area (Å²) < 4.78 is 13.5. The summed E-state index contributed by atoms with van der Waals surface area (Å²) in [5.41, 5.74) is 2.02. The molecular formula is C16H25FN2. The first kappa shape index (κ1) is 14.3. The van der Waals surface area contributed by atoms with Crippen LogP contribution in [0.2, 0.25) is 0 Å². The molecule has 1 N–H and O–H groups in total. The van der Waals surface area contributed by atoms with Crippen molar-refractivity contribution in [3.63, 3.8) is 0 Å². The Morgan fingerprint density at radius 2 is 2.16 bits per heavy atom. The van der Waals surface area contributed by atoms with Gasteiger partial charge in [-0.25, -0.2) is 4.39 Å². The average Bonchev–Trinajstić information content (AvgIpc) is 2.35. The van der Waals surface area contributed by atoms with Crippen LogP contribution in [0.25, 0.3) is 0 Å². The third-order valence-corrected chi connectivity index (χ3v) is 3.92. The Balaban J connectivity index is 2.02. The van der Waals surface area contributed by atoms with E-state index in [2.05, 4.69) is 30.1 Å². The van der Waals surface area contributed by atoms with Gasteiger partial charge in [0.15, 0.2) is 0 Å². The molecule has 2 nitrogen and oxygen atoms in total. The lowest BCUT2D eigenvalue weighted by Crippen LogP contribution is -2.47. The van der Waals surface area contributed by atoms with E-state index < -0.39 is 0 Å².